The highest BCUT2D eigenvalue weighted by atomic mass is 79.9. The van der Waals surface area contributed by atoms with Crippen molar-refractivity contribution >= 4 is 59.6 Å². The number of allylic oxidation sites excluding steroid dienone is 4. The molecule has 5 aromatic rings. The van der Waals surface area contributed by atoms with Crippen molar-refractivity contribution in [3.05, 3.63) is 107 Å². The number of halogens is 1. The van der Waals surface area contributed by atoms with Crippen LogP contribution in [0.5, 0.6) is 0 Å². The van der Waals surface area contributed by atoms with Crippen molar-refractivity contribution in [3.8, 4) is 0 Å². The predicted molar refractivity (Wildman–Crippen MR) is 156 cm³/mol. The van der Waals surface area contributed by atoms with Gasteiger partial charge in [-0.3, -0.25) is 0 Å². The number of benzene rings is 5. The number of rotatable bonds is 3. The van der Waals surface area contributed by atoms with E-state index in [-0.39, 0.29) is 0 Å². The van der Waals surface area contributed by atoms with Gasteiger partial charge in [0.05, 0.1) is 5.69 Å². The Morgan fingerprint density at radius 3 is 1.97 bits per heavy atom. The van der Waals surface area contributed by atoms with Crippen molar-refractivity contribution in [1.29, 1.82) is 0 Å². The second-order valence-electron chi connectivity index (χ2n) is 7.85. The molecule has 0 saturated heterocycles. The van der Waals surface area contributed by atoms with Crippen molar-refractivity contribution in [2.24, 2.45) is 0 Å². The van der Waals surface area contributed by atoms with Gasteiger partial charge in [0.2, 0.25) is 0 Å². The van der Waals surface area contributed by atoms with E-state index in [2.05, 4.69) is 118 Å². The van der Waals surface area contributed by atoms with Crippen molar-refractivity contribution in [2.45, 2.75) is 40.5 Å². The lowest BCUT2D eigenvalue weighted by atomic mass is 9.93. The summed E-state index contributed by atoms with van der Waals surface area (Å²) in [5, 5.41) is 7.82. The normalized spacial score (nSPS) is 12.7. The highest BCUT2D eigenvalue weighted by Crippen LogP contribution is 2.44. The fourth-order valence-electron chi connectivity index (χ4n) is 4.76. The van der Waals surface area contributed by atoms with Gasteiger partial charge in [0.1, 0.15) is 0 Å². The van der Waals surface area contributed by atoms with Crippen LogP contribution in [0.2, 0.25) is 0 Å². The second kappa shape index (κ2) is 10.9. The number of hydrogen-bond acceptors (Lipinski definition) is 1. The largest absolute Gasteiger partial charge is 0.314 e. The average Bonchev–Trinajstić information content (AvgIpc) is 2.93. The van der Waals surface area contributed by atoms with Gasteiger partial charge in [0.15, 0.2) is 0 Å². The van der Waals surface area contributed by atoms with Crippen LogP contribution in [0, 0.1) is 0 Å². The summed E-state index contributed by atoms with van der Waals surface area (Å²) in [5.41, 5.74) is 3.78. The number of nitrogens with zero attached hydrogens (tertiary/aromatic N) is 1. The summed E-state index contributed by atoms with van der Waals surface area (Å²) < 4.78 is 1.15. The Hall–Kier alpha value is -3.10. The summed E-state index contributed by atoms with van der Waals surface area (Å²) in [4.78, 5) is 2.43. The standard InChI is InChI=1S/C28H20BrN.2C2H6/c29-25-17-13-19-12-16-24-26(18-14-20-11-15-23(25)27(19)28(20)24)30(21-7-3-1-4-8-21)22-9-5-2-6-10-22;2*1-2/h1-5,7-9,11-18H,6,10H2;2*1-2H3. The lowest BCUT2D eigenvalue weighted by molar-refractivity contribution is 0.919. The van der Waals surface area contributed by atoms with Crippen LogP contribution in [0.1, 0.15) is 40.5 Å². The fourth-order valence-corrected chi connectivity index (χ4v) is 5.22. The topological polar surface area (TPSA) is 3.24 Å². The Bertz CT molecular complexity index is 1450. The van der Waals surface area contributed by atoms with Gasteiger partial charge in [-0.2, -0.15) is 0 Å². The van der Waals surface area contributed by atoms with Gasteiger partial charge < -0.3 is 4.90 Å². The summed E-state index contributed by atoms with van der Waals surface area (Å²) in [5.74, 6) is 0. The van der Waals surface area contributed by atoms with E-state index in [0.29, 0.717) is 0 Å². The lowest BCUT2D eigenvalue weighted by Crippen LogP contribution is -2.17. The van der Waals surface area contributed by atoms with E-state index in [1.165, 1.54) is 49.4 Å². The van der Waals surface area contributed by atoms with Crippen LogP contribution < -0.4 is 4.90 Å². The zero-order valence-corrected chi connectivity index (χ0v) is 22.1. The van der Waals surface area contributed by atoms with Crippen LogP contribution >= 0.6 is 15.9 Å². The Morgan fingerprint density at radius 2 is 1.29 bits per heavy atom. The molecule has 0 N–H and O–H groups in total. The van der Waals surface area contributed by atoms with Crippen molar-refractivity contribution in [3.63, 3.8) is 0 Å². The molecule has 0 spiro atoms. The molecule has 0 unspecified atom stereocenters. The van der Waals surface area contributed by atoms with E-state index in [0.717, 1.165) is 17.3 Å². The molecule has 1 aliphatic carbocycles. The molecule has 34 heavy (non-hydrogen) atoms. The van der Waals surface area contributed by atoms with Crippen LogP contribution in [0.15, 0.2) is 107 Å². The van der Waals surface area contributed by atoms with Crippen LogP contribution in [0.3, 0.4) is 0 Å². The first-order valence-corrected chi connectivity index (χ1v) is 13.2. The molecule has 0 bridgehead atoms. The first-order chi connectivity index (χ1) is 16.8. The van der Waals surface area contributed by atoms with Gasteiger partial charge in [-0.1, -0.05) is 110 Å². The summed E-state index contributed by atoms with van der Waals surface area (Å²) in [7, 11) is 0. The molecular formula is C32H32BrN. The summed E-state index contributed by atoms with van der Waals surface area (Å²) in [6, 6.07) is 28.7. The van der Waals surface area contributed by atoms with Gasteiger partial charge >= 0.3 is 0 Å². The lowest BCUT2D eigenvalue weighted by Gasteiger charge is -2.30. The van der Waals surface area contributed by atoms with Crippen molar-refractivity contribution < 1.29 is 0 Å². The molecular weight excluding hydrogens is 478 g/mol. The van der Waals surface area contributed by atoms with Crippen molar-refractivity contribution in [2.75, 3.05) is 4.90 Å². The van der Waals surface area contributed by atoms with Crippen molar-refractivity contribution in [1.82, 2.24) is 0 Å². The molecule has 2 heteroatoms. The fraction of sp³-hybridized carbons (Fsp3) is 0.188. The van der Waals surface area contributed by atoms with E-state index < -0.39 is 0 Å². The van der Waals surface area contributed by atoms with E-state index in [1.807, 2.05) is 27.7 Å². The maximum Gasteiger partial charge on any atom is 0.0537 e. The monoisotopic (exact) mass is 509 g/mol. The molecule has 6 rings (SSSR count). The molecule has 0 saturated carbocycles. The van der Waals surface area contributed by atoms with Crippen LogP contribution in [0.4, 0.5) is 11.4 Å². The first-order valence-electron chi connectivity index (χ1n) is 12.4. The zero-order chi connectivity index (χ0) is 24.1. The maximum absolute atomic E-state index is 3.76. The third-order valence-electron chi connectivity index (χ3n) is 6.12. The van der Waals surface area contributed by atoms with Gasteiger partial charge in [-0.15, -0.1) is 0 Å². The molecule has 0 radical (unpaired) electrons. The Labute approximate surface area is 211 Å². The molecule has 0 fully saturated rings. The predicted octanol–water partition coefficient (Wildman–Crippen LogP) is 10.8. The number of hydrogen-bond donors (Lipinski definition) is 0. The minimum atomic E-state index is 1.04. The van der Waals surface area contributed by atoms with Crippen LogP contribution in [-0.4, -0.2) is 0 Å². The third kappa shape index (κ3) is 4.23. The second-order valence-corrected chi connectivity index (χ2v) is 8.70. The van der Waals surface area contributed by atoms with E-state index in [9.17, 15) is 0 Å². The number of anilines is 2. The van der Waals surface area contributed by atoms with Gasteiger partial charge in [0.25, 0.3) is 0 Å². The number of para-hydroxylation sites is 1. The average molecular weight is 511 g/mol. The Morgan fingerprint density at radius 1 is 0.676 bits per heavy atom. The minimum Gasteiger partial charge on any atom is -0.314 e. The molecule has 0 aliphatic heterocycles. The van der Waals surface area contributed by atoms with Gasteiger partial charge in [-0.25, -0.2) is 0 Å². The summed E-state index contributed by atoms with van der Waals surface area (Å²) in [6.07, 6.45) is 8.80. The highest BCUT2D eigenvalue weighted by molar-refractivity contribution is 9.10. The van der Waals surface area contributed by atoms with E-state index in [1.54, 1.807) is 0 Å². The molecule has 1 aliphatic rings. The minimum absolute atomic E-state index is 1.04. The van der Waals surface area contributed by atoms with Gasteiger partial charge in [-0.05, 0) is 70.1 Å². The summed E-state index contributed by atoms with van der Waals surface area (Å²) >= 11 is 3.76. The quantitative estimate of drug-likeness (QED) is 0.218. The molecule has 0 amide bonds. The Kier molecular flexibility index (Phi) is 7.70. The maximum atomic E-state index is 3.76. The first kappa shape index (κ1) is 24.0. The molecule has 0 aromatic heterocycles. The van der Waals surface area contributed by atoms with Gasteiger partial charge in [0, 0.05) is 21.2 Å². The van der Waals surface area contributed by atoms with Crippen LogP contribution in [-0.2, 0) is 0 Å². The van der Waals surface area contributed by atoms with E-state index >= 15 is 0 Å². The highest BCUT2D eigenvalue weighted by Gasteiger charge is 2.20. The molecule has 0 atom stereocenters. The molecule has 1 nitrogen and oxygen atoms in total. The smallest absolute Gasteiger partial charge is 0.0537 e. The van der Waals surface area contributed by atoms with E-state index in [4.69, 9.17) is 0 Å². The summed E-state index contributed by atoms with van der Waals surface area (Å²) in [6.45, 7) is 8.00. The Balaban J connectivity index is 0.000000652. The zero-order valence-electron chi connectivity index (χ0n) is 20.5. The third-order valence-corrected chi connectivity index (χ3v) is 6.81. The molecule has 0 heterocycles. The SMILES string of the molecule is Brc1ccc2ccc3c(N(C4=CC=CCC4)c4ccccc4)ccc4ccc1c2c43.CC.CC. The van der Waals surface area contributed by atoms with Crippen LogP contribution in [0.25, 0.3) is 32.3 Å². The molecule has 5 aromatic carbocycles. The molecule has 172 valence electrons.